The molecule has 0 fully saturated rings. The van der Waals surface area contributed by atoms with Crippen molar-refractivity contribution in [1.82, 2.24) is 10.2 Å². The topological polar surface area (TPSA) is 79.9 Å². The summed E-state index contributed by atoms with van der Waals surface area (Å²) in [7, 11) is 3.11. The predicted octanol–water partition coefficient (Wildman–Crippen LogP) is 4.49. The van der Waals surface area contributed by atoms with Gasteiger partial charge in [-0.25, -0.2) is 0 Å². The molecule has 176 valence electrons. The molecule has 2 amide bonds. The molecule has 2 N–H and O–H groups in total. The molecule has 0 spiro atoms. The minimum absolute atomic E-state index is 0.0184. The van der Waals surface area contributed by atoms with Gasteiger partial charge >= 0.3 is 0 Å². The van der Waals surface area contributed by atoms with Crippen molar-refractivity contribution in [2.75, 3.05) is 32.6 Å². The van der Waals surface area contributed by atoms with E-state index < -0.39 is 0 Å². The number of nitrogens with one attached hydrogen (secondary N) is 2. The second-order valence-corrected chi connectivity index (χ2v) is 7.67. The molecular weight excluding hydrogens is 438 g/mol. The summed E-state index contributed by atoms with van der Waals surface area (Å²) >= 11 is 5.25. The molecule has 0 saturated heterocycles. The van der Waals surface area contributed by atoms with Crippen LogP contribution in [0.15, 0.2) is 48.5 Å². The molecule has 7 nitrogen and oxygen atoms in total. The number of carbonyl (C=O) groups is 2. The maximum atomic E-state index is 12.8. The van der Waals surface area contributed by atoms with Crippen LogP contribution in [-0.4, -0.2) is 49.1 Å². The van der Waals surface area contributed by atoms with Gasteiger partial charge in [-0.15, -0.1) is 0 Å². The zero-order chi connectivity index (χ0) is 24.2. The lowest BCUT2D eigenvalue weighted by atomic mass is 10.1. The molecule has 0 saturated carbocycles. The first kappa shape index (κ1) is 25.9. The van der Waals surface area contributed by atoms with Crippen LogP contribution in [0.1, 0.15) is 42.6 Å². The van der Waals surface area contributed by atoms with Gasteiger partial charge in [-0.05, 0) is 67.0 Å². The third-order valence-electron chi connectivity index (χ3n) is 4.71. The number of hydrogen-bond donors (Lipinski definition) is 2. The molecule has 0 aliphatic heterocycles. The third kappa shape index (κ3) is 7.91. The highest BCUT2D eigenvalue weighted by Gasteiger charge is 2.15. The molecule has 2 rings (SSSR count). The summed E-state index contributed by atoms with van der Waals surface area (Å²) in [5.41, 5.74) is 1.98. The molecular formula is C25H31N3O4S. The van der Waals surface area contributed by atoms with Crippen LogP contribution in [-0.2, 0) is 4.79 Å². The summed E-state index contributed by atoms with van der Waals surface area (Å²) in [6.45, 7) is 5.53. The molecule has 33 heavy (non-hydrogen) atoms. The Hall–Kier alpha value is -3.39. The summed E-state index contributed by atoms with van der Waals surface area (Å²) in [6, 6.07) is 12.4. The summed E-state index contributed by atoms with van der Waals surface area (Å²) in [5, 5.41) is 5.71. The van der Waals surface area contributed by atoms with E-state index >= 15 is 0 Å². The van der Waals surface area contributed by atoms with E-state index in [1.165, 1.54) is 6.08 Å². The minimum atomic E-state index is -0.383. The Morgan fingerprint density at radius 1 is 1.00 bits per heavy atom. The van der Waals surface area contributed by atoms with E-state index in [1.54, 1.807) is 56.7 Å². The maximum absolute atomic E-state index is 12.8. The van der Waals surface area contributed by atoms with Gasteiger partial charge in [0.1, 0.15) is 0 Å². The van der Waals surface area contributed by atoms with E-state index in [0.717, 1.165) is 18.4 Å². The van der Waals surface area contributed by atoms with Crippen LogP contribution >= 0.6 is 12.2 Å². The van der Waals surface area contributed by atoms with Crippen molar-refractivity contribution in [2.24, 2.45) is 0 Å². The molecule has 8 heteroatoms. The Balaban J connectivity index is 1.99. The Morgan fingerprint density at radius 3 is 2.33 bits per heavy atom. The Kier molecular flexibility index (Phi) is 10.4. The molecule has 0 heterocycles. The number of anilines is 1. The number of hydrogen-bond acceptors (Lipinski definition) is 5. The van der Waals surface area contributed by atoms with Gasteiger partial charge in [0.2, 0.25) is 5.91 Å². The monoisotopic (exact) mass is 469 g/mol. The van der Waals surface area contributed by atoms with Crippen LogP contribution in [0.25, 0.3) is 6.08 Å². The highest BCUT2D eigenvalue weighted by atomic mass is 32.1. The molecule has 0 aromatic heterocycles. The van der Waals surface area contributed by atoms with Crippen LogP contribution in [0.5, 0.6) is 11.5 Å². The number of nitrogens with zero attached hydrogens (tertiary/aromatic N) is 1. The summed E-state index contributed by atoms with van der Waals surface area (Å²) in [6.07, 6.45) is 4.82. The molecule has 0 atom stereocenters. The molecule has 0 aliphatic rings. The number of ether oxygens (including phenoxy) is 2. The molecule has 0 unspecified atom stereocenters. The normalized spacial score (nSPS) is 10.5. The largest absolute Gasteiger partial charge is 0.493 e. The van der Waals surface area contributed by atoms with Gasteiger partial charge in [-0.1, -0.05) is 26.0 Å². The van der Waals surface area contributed by atoms with E-state index in [2.05, 4.69) is 24.5 Å². The van der Waals surface area contributed by atoms with E-state index in [0.29, 0.717) is 35.8 Å². The third-order valence-corrected chi connectivity index (χ3v) is 4.92. The van der Waals surface area contributed by atoms with Crippen LogP contribution in [0.3, 0.4) is 0 Å². The fraction of sp³-hybridized carbons (Fsp3) is 0.320. The number of methoxy groups -OCH3 is 2. The van der Waals surface area contributed by atoms with E-state index in [4.69, 9.17) is 21.7 Å². The summed E-state index contributed by atoms with van der Waals surface area (Å²) in [4.78, 5) is 26.9. The van der Waals surface area contributed by atoms with Gasteiger partial charge in [-0.3, -0.25) is 14.9 Å². The zero-order valence-corrected chi connectivity index (χ0v) is 20.3. The number of thiocarbonyl (C=S) groups is 1. The smallest absolute Gasteiger partial charge is 0.253 e. The van der Waals surface area contributed by atoms with E-state index in [-0.39, 0.29) is 16.9 Å². The molecule has 0 aliphatic carbocycles. The van der Waals surface area contributed by atoms with Gasteiger partial charge in [0, 0.05) is 30.4 Å². The van der Waals surface area contributed by atoms with Gasteiger partial charge in [0.15, 0.2) is 16.6 Å². The predicted molar refractivity (Wildman–Crippen MR) is 136 cm³/mol. The SMILES string of the molecule is CCCN(CCC)C(=O)c1cccc(NC(=S)NC(=O)/C=C/c2ccc(OC)c(OC)c2)c1. The average Bonchev–Trinajstić information content (AvgIpc) is 2.82. The Bertz CT molecular complexity index is 1000. The minimum Gasteiger partial charge on any atom is -0.493 e. The molecule has 0 bridgehead atoms. The van der Waals surface area contributed by atoms with Crippen molar-refractivity contribution in [3.63, 3.8) is 0 Å². The maximum Gasteiger partial charge on any atom is 0.253 e. The fourth-order valence-corrected chi connectivity index (χ4v) is 3.43. The lowest BCUT2D eigenvalue weighted by Gasteiger charge is -2.21. The van der Waals surface area contributed by atoms with Gasteiger partial charge < -0.3 is 19.7 Å². The van der Waals surface area contributed by atoms with Crippen molar-refractivity contribution in [3.8, 4) is 11.5 Å². The second kappa shape index (κ2) is 13.2. The standard InChI is InChI=1S/C25H31N3O4S/c1-5-14-28(15-6-2)24(30)19-8-7-9-20(17-19)26-25(33)27-23(29)13-11-18-10-12-21(31-3)22(16-18)32-4/h7-13,16-17H,5-6,14-15H2,1-4H3,(H2,26,27,29,33)/b13-11+. The van der Waals surface area contributed by atoms with Gasteiger partial charge in [-0.2, -0.15) is 0 Å². The fourth-order valence-electron chi connectivity index (χ4n) is 3.21. The first-order valence-corrected chi connectivity index (χ1v) is 11.2. The number of benzene rings is 2. The molecule has 0 radical (unpaired) electrons. The van der Waals surface area contributed by atoms with E-state index in [9.17, 15) is 9.59 Å². The second-order valence-electron chi connectivity index (χ2n) is 7.26. The average molecular weight is 470 g/mol. The quantitative estimate of drug-likeness (QED) is 0.394. The highest BCUT2D eigenvalue weighted by Crippen LogP contribution is 2.27. The van der Waals surface area contributed by atoms with Crippen LogP contribution in [0.2, 0.25) is 0 Å². The van der Waals surface area contributed by atoms with Crippen LogP contribution in [0.4, 0.5) is 5.69 Å². The first-order chi connectivity index (χ1) is 15.9. The van der Waals surface area contributed by atoms with Gasteiger partial charge in [0.05, 0.1) is 14.2 Å². The van der Waals surface area contributed by atoms with Crippen molar-refractivity contribution < 1.29 is 19.1 Å². The van der Waals surface area contributed by atoms with Crippen molar-refractivity contribution >= 4 is 40.9 Å². The first-order valence-electron chi connectivity index (χ1n) is 10.8. The highest BCUT2D eigenvalue weighted by molar-refractivity contribution is 7.80. The number of amides is 2. The van der Waals surface area contributed by atoms with E-state index in [1.807, 2.05) is 11.0 Å². The van der Waals surface area contributed by atoms with Crippen molar-refractivity contribution in [3.05, 3.63) is 59.7 Å². The van der Waals surface area contributed by atoms with Crippen LogP contribution < -0.4 is 20.1 Å². The molecule has 2 aromatic carbocycles. The van der Waals surface area contributed by atoms with Crippen molar-refractivity contribution in [1.29, 1.82) is 0 Å². The Morgan fingerprint density at radius 2 is 1.70 bits per heavy atom. The summed E-state index contributed by atoms with van der Waals surface area (Å²) in [5.74, 6) is 0.780. The number of rotatable bonds is 10. The lowest BCUT2D eigenvalue weighted by molar-refractivity contribution is -0.115. The Labute approximate surface area is 200 Å². The summed E-state index contributed by atoms with van der Waals surface area (Å²) < 4.78 is 10.5. The lowest BCUT2D eigenvalue weighted by Crippen LogP contribution is -2.33. The number of carbonyl (C=O) groups excluding carboxylic acids is 2. The zero-order valence-electron chi connectivity index (χ0n) is 19.5. The molecule has 2 aromatic rings. The van der Waals surface area contributed by atoms with Gasteiger partial charge in [0.25, 0.3) is 5.91 Å². The van der Waals surface area contributed by atoms with Crippen LogP contribution in [0, 0.1) is 0 Å². The van der Waals surface area contributed by atoms with Crippen molar-refractivity contribution in [2.45, 2.75) is 26.7 Å².